The van der Waals surface area contributed by atoms with Crippen LogP contribution in [0, 0.1) is 13.8 Å². The second kappa shape index (κ2) is 5.55. The minimum absolute atomic E-state index is 0.498. The Morgan fingerprint density at radius 1 is 1.22 bits per heavy atom. The predicted octanol–water partition coefficient (Wildman–Crippen LogP) is 3.65. The fourth-order valence-electron chi connectivity index (χ4n) is 1.97. The van der Waals surface area contributed by atoms with E-state index >= 15 is 0 Å². The summed E-state index contributed by atoms with van der Waals surface area (Å²) in [6.07, 6.45) is 0.125. The van der Waals surface area contributed by atoms with E-state index in [0.717, 1.165) is 16.2 Å². The normalized spacial score (nSPS) is 12.4. The van der Waals surface area contributed by atoms with Gasteiger partial charge in [0.15, 0.2) is 0 Å². The standard InChI is InChI=1S/C15H18O2S/c1-10-4-5-12(8-11(10)2)9-13(16)15-14(17-3)6-7-18-15/h4-8,13,16H,9H2,1-3H3. The van der Waals surface area contributed by atoms with Crippen LogP contribution in [0.1, 0.15) is 27.7 Å². The molecular formula is C15H18O2S. The zero-order valence-electron chi connectivity index (χ0n) is 10.9. The average Bonchev–Trinajstić information content (AvgIpc) is 2.82. The summed E-state index contributed by atoms with van der Waals surface area (Å²) in [6.45, 7) is 4.19. The molecule has 1 heterocycles. The molecule has 1 N–H and O–H groups in total. The number of rotatable bonds is 4. The maximum absolute atomic E-state index is 10.3. The Hall–Kier alpha value is -1.32. The fraction of sp³-hybridized carbons (Fsp3) is 0.333. The van der Waals surface area contributed by atoms with Crippen LogP contribution in [0.2, 0.25) is 0 Å². The summed E-state index contributed by atoms with van der Waals surface area (Å²) >= 11 is 1.53. The molecule has 0 saturated heterocycles. The molecule has 0 amide bonds. The third-order valence-corrected chi connectivity index (χ3v) is 4.18. The van der Waals surface area contributed by atoms with Gasteiger partial charge in [0, 0.05) is 6.42 Å². The van der Waals surface area contributed by atoms with Crippen molar-refractivity contribution in [1.29, 1.82) is 0 Å². The number of methoxy groups -OCH3 is 1. The number of aliphatic hydroxyl groups is 1. The largest absolute Gasteiger partial charge is 0.495 e. The van der Waals surface area contributed by atoms with Gasteiger partial charge in [-0.25, -0.2) is 0 Å². The lowest BCUT2D eigenvalue weighted by molar-refractivity contribution is 0.178. The maximum Gasteiger partial charge on any atom is 0.135 e. The molecule has 1 aromatic heterocycles. The second-order valence-corrected chi connectivity index (χ2v) is 5.44. The van der Waals surface area contributed by atoms with Gasteiger partial charge in [-0.2, -0.15) is 0 Å². The van der Waals surface area contributed by atoms with Gasteiger partial charge in [-0.3, -0.25) is 0 Å². The number of aryl methyl sites for hydroxylation is 2. The molecule has 1 aromatic carbocycles. The van der Waals surface area contributed by atoms with Crippen LogP contribution < -0.4 is 4.74 Å². The Morgan fingerprint density at radius 3 is 2.67 bits per heavy atom. The minimum atomic E-state index is -0.498. The summed E-state index contributed by atoms with van der Waals surface area (Å²) in [5, 5.41) is 12.2. The van der Waals surface area contributed by atoms with E-state index < -0.39 is 6.10 Å². The Balaban J connectivity index is 2.16. The molecule has 0 aliphatic carbocycles. The van der Waals surface area contributed by atoms with E-state index in [-0.39, 0.29) is 0 Å². The van der Waals surface area contributed by atoms with Crippen molar-refractivity contribution in [2.75, 3.05) is 7.11 Å². The van der Waals surface area contributed by atoms with Crippen molar-refractivity contribution in [2.45, 2.75) is 26.4 Å². The molecular weight excluding hydrogens is 244 g/mol. The zero-order valence-corrected chi connectivity index (χ0v) is 11.8. The summed E-state index contributed by atoms with van der Waals surface area (Å²) in [7, 11) is 1.63. The maximum atomic E-state index is 10.3. The van der Waals surface area contributed by atoms with Gasteiger partial charge >= 0.3 is 0 Å². The molecule has 0 saturated carbocycles. The summed E-state index contributed by atoms with van der Waals surface area (Å²) in [6, 6.07) is 8.21. The van der Waals surface area contributed by atoms with E-state index in [9.17, 15) is 5.11 Å². The van der Waals surface area contributed by atoms with Crippen LogP contribution in [0.3, 0.4) is 0 Å². The van der Waals surface area contributed by atoms with Crippen LogP contribution in [-0.4, -0.2) is 12.2 Å². The first-order chi connectivity index (χ1) is 8.61. The third kappa shape index (κ3) is 2.74. The second-order valence-electron chi connectivity index (χ2n) is 4.49. The first-order valence-corrected chi connectivity index (χ1v) is 6.85. The van der Waals surface area contributed by atoms with Gasteiger partial charge in [-0.05, 0) is 42.0 Å². The van der Waals surface area contributed by atoms with E-state index in [1.807, 2.05) is 11.4 Å². The van der Waals surface area contributed by atoms with Crippen molar-refractivity contribution < 1.29 is 9.84 Å². The lowest BCUT2D eigenvalue weighted by atomic mass is 10.0. The highest BCUT2D eigenvalue weighted by atomic mass is 32.1. The van der Waals surface area contributed by atoms with Gasteiger partial charge in [-0.15, -0.1) is 11.3 Å². The zero-order chi connectivity index (χ0) is 13.1. The van der Waals surface area contributed by atoms with Gasteiger partial charge in [0.2, 0.25) is 0 Å². The molecule has 1 unspecified atom stereocenters. The molecule has 96 valence electrons. The van der Waals surface area contributed by atoms with Crippen LogP contribution in [0.5, 0.6) is 5.75 Å². The lowest BCUT2D eigenvalue weighted by Crippen LogP contribution is -2.02. The minimum Gasteiger partial charge on any atom is -0.495 e. The molecule has 0 radical (unpaired) electrons. The fourth-order valence-corrected chi connectivity index (χ4v) is 2.81. The number of thiophene rings is 1. The highest BCUT2D eigenvalue weighted by Crippen LogP contribution is 2.32. The molecule has 2 aromatic rings. The molecule has 18 heavy (non-hydrogen) atoms. The Bertz CT molecular complexity index is 531. The Morgan fingerprint density at radius 2 is 2.00 bits per heavy atom. The van der Waals surface area contributed by atoms with Gasteiger partial charge in [0.05, 0.1) is 18.1 Å². The van der Waals surface area contributed by atoms with E-state index in [4.69, 9.17) is 4.74 Å². The van der Waals surface area contributed by atoms with Crippen molar-refractivity contribution in [3.63, 3.8) is 0 Å². The summed E-state index contributed by atoms with van der Waals surface area (Å²) in [5.41, 5.74) is 3.70. The summed E-state index contributed by atoms with van der Waals surface area (Å²) in [4.78, 5) is 0.899. The highest BCUT2D eigenvalue weighted by molar-refractivity contribution is 7.10. The molecule has 0 aliphatic heterocycles. The monoisotopic (exact) mass is 262 g/mol. The predicted molar refractivity (Wildman–Crippen MR) is 75.5 cm³/mol. The van der Waals surface area contributed by atoms with Crippen molar-refractivity contribution in [3.05, 3.63) is 51.2 Å². The van der Waals surface area contributed by atoms with Crippen molar-refractivity contribution in [3.8, 4) is 5.75 Å². The molecule has 0 aliphatic rings. The van der Waals surface area contributed by atoms with E-state index in [2.05, 4.69) is 32.0 Å². The smallest absolute Gasteiger partial charge is 0.135 e. The number of hydrogen-bond donors (Lipinski definition) is 1. The molecule has 3 heteroatoms. The van der Waals surface area contributed by atoms with E-state index in [1.54, 1.807) is 7.11 Å². The molecule has 0 spiro atoms. The van der Waals surface area contributed by atoms with Gasteiger partial charge in [0.25, 0.3) is 0 Å². The van der Waals surface area contributed by atoms with Crippen LogP contribution in [0.15, 0.2) is 29.6 Å². The number of ether oxygens (including phenoxy) is 1. The van der Waals surface area contributed by atoms with Crippen LogP contribution in [-0.2, 0) is 6.42 Å². The molecule has 1 atom stereocenters. The molecule has 0 fully saturated rings. The topological polar surface area (TPSA) is 29.5 Å². The molecule has 0 bridgehead atoms. The van der Waals surface area contributed by atoms with Crippen molar-refractivity contribution >= 4 is 11.3 Å². The van der Waals surface area contributed by atoms with E-state index in [1.165, 1.54) is 22.5 Å². The lowest BCUT2D eigenvalue weighted by Gasteiger charge is -2.12. The van der Waals surface area contributed by atoms with Crippen LogP contribution in [0.4, 0.5) is 0 Å². The van der Waals surface area contributed by atoms with Gasteiger partial charge in [-0.1, -0.05) is 18.2 Å². The molecule has 2 rings (SSSR count). The van der Waals surface area contributed by atoms with E-state index in [0.29, 0.717) is 6.42 Å². The van der Waals surface area contributed by atoms with Crippen LogP contribution in [0.25, 0.3) is 0 Å². The number of hydrogen-bond acceptors (Lipinski definition) is 3. The SMILES string of the molecule is COc1ccsc1C(O)Cc1ccc(C)c(C)c1. The van der Waals surface area contributed by atoms with Crippen molar-refractivity contribution in [1.82, 2.24) is 0 Å². The van der Waals surface area contributed by atoms with Crippen LogP contribution >= 0.6 is 11.3 Å². The number of benzene rings is 1. The first-order valence-electron chi connectivity index (χ1n) is 5.97. The third-order valence-electron chi connectivity index (χ3n) is 3.18. The number of aliphatic hydroxyl groups excluding tert-OH is 1. The van der Waals surface area contributed by atoms with Gasteiger partial charge < -0.3 is 9.84 Å². The Labute approximate surface area is 112 Å². The quantitative estimate of drug-likeness (QED) is 0.911. The van der Waals surface area contributed by atoms with Crippen molar-refractivity contribution in [2.24, 2.45) is 0 Å². The van der Waals surface area contributed by atoms with Gasteiger partial charge in [0.1, 0.15) is 5.75 Å². The summed E-state index contributed by atoms with van der Waals surface area (Å²) < 4.78 is 5.24. The average molecular weight is 262 g/mol. The molecule has 2 nitrogen and oxygen atoms in total. The first kappa shape index (κ1) is 13.1. The Kier molecular flexibility index (Phi) is 4.04. The highest BCUT2D eigenvalue weighted by Gasteiger charge is 2.15. The summed E-state index contributed by atoms with van der Waals surface area (Å²) in [5.74, 6) is 0.774.